The van der Waals surface area contributed by atoms with E-state index in [1.807, 2.05) is 24.3 Å². The lowest BCUT2D eigenvalue weighted by Crippen LogP contribution is -2.38. The fraction of sp³-hybridized carbons (Fsp3) is 0.391. The summed E-state index contributed by atoms with van der Waals surface area (Å²) in [4.78, 5) is 45.0. The Morgan fingerprint density at radius 1 is 1.24 bits per heavy atom. The van der Waals surface area contributed by atoms with Crippen LogP contribution in [-0.4, -0.2) is 59.1 Å². The first-order valence-corrected chi connectivity index (χ1v) is 11.7. The molecule has 10 heteroatoms. The SMILES string of the molecule is Cc1c(C(=O)NCc2cccc(NC(=O)CCN3CCOCC3)c2)sc2ncn(C)c(=O)c12. The van der Waals surface area contributed by atoms with Gasteiger partial charge in [-0.2, -0.15) is 0 Å². The Hall–Kier alpha value is -3.08. The molecule has 1 aromatic carbocycles. The zero-order valence-electron chi connectivity index (χ0n) is 18.7. The molecule has 0 spiro atoms. The third kappa shape index (κ3) is 5.47. The van der Waals surface area contributed by atoms with Crippen molar-refractivity contribution in [1.82, 2.24) is 19.8 Å². The van der Waals surface area contributed by atoms with Crippen molar-refractivity contribution in [3.63, 3.8) is 0 Å². The van der Waals surface area contributed by atoms with Crippen LogP contribution in [-0.2, 0) is 23.1 Å². The molecule has 0 saturated carbocycles. The molecule has 1 saturated heterocycles. The first kappa shape index (κ1) is 23.1. The predicted molar refractivity (Wildman–Crippen MR) is 128 cm³/mol. The van der Waals surface area contributed by atoms with Gasteiger partial charge in [-0.25, -0.2) is 4.98 Å². The molecule has 3 aromatic rings. The number of anilines is 1. The lowest BCUT2D eigenvalue weighted by Gasteiger charge is -2.26. The second kappa shape index (κ2) is 10.2. The number of rotatable bonds is 7. The largest absolute Gasteiger partial charge is 0.379 e. The normalized spacial score (nSPS) is 14.4. The van der Waals surface area contributed by atoms with Gasteiger partial charge in [0.25, 0.3) is 11.5 Å². The molecular formula is C23H27N5O4S. The highest BCUT2D eigenvalue weighted by molar-refractivity contribution is 7.20. The number of morpholine rings is 1. The molecule has 1 aliphatic rings. The molecule has 0 unspecified atom stereocenters. The summed E-state index contributed by atoms with van der Waals surface area (Å²) >= 11 is 1.21. The molecule has 2 aromatic heterocycles. The molecule has 0 aliphatic carbocycles. The summed E-state index contributed by atoms with van der Waals surface area (Å²) in [5.41, 5.74) is 2.04. The fourth-order valence-corrected chi connectivity index (χ4v) is 4.81. The van der Waals surface area contributed by atoms with Gasteiger partial charge < -0.3 is 19.9 Å². The van der Waals surface area contributed by atoms with E-state index in [2.05, 4.69) is 20.5 Å². The van der Waals surface area contributed by atoms with Crippen LogP contribution in [0.2, 0.25) is 0 Å². The highest BCUT2D eigenvalue weighted by Gasteiger charge is 2.19. The van der Waals surface area contributed by atoms with Crippen LogP contribution in [0.3, 0.4) is 0 Å². The van der Waals surface area contributed by atoms with Gasteiger partial charge in [0.05, 0.1) is 29.8 Å². The molecule has 2 amide bonds. The van der Waals surface area contributed by atoms with Gasteiger partial charge >= 0.3 is 0 Å². The Balaban J connectivity index is 1.35. The molecule has 33 heavy (non-hydrogen) atoms. The van der Waals surface area contributed by atoms with Gasteiger partial charge in [-0.05, 0) is 30.2 Å². The van der Waals surface area contributed by atoms with Crippen LogP contribution in [0.5, 0.6) is 0 Å². The number of carbonyl (C=O) groups is 2. The molecule has 2 N–H and O–H groups in total. The number of benzene rings is 1. The summed E-state index contributed by atoms with van der Waals surface area (Å²) in [5.74, 6) is -0.296. The summed E-state index contributed by atoms with van der Waals surface area (Å²) in [5, 5.41) is 6.31. The number of aromatic nitrogens is 2. The van der Waals surface area contributed by atoms with Crippen molar-refractivity contribution in [3.8, 4) is 0 Å². The van der Waals surface area contributed by atoms with Crippen molar-refractivity contribution in [2.24, 2.45) is 7.05 Å². The van der Waals surface area contributed by atoms with E-state index in [-0.39, 0.29) is 17.4 Å². The minimum Gasteiger partial charge on any atom is -0.379 e. The highest BCUT2D eigenvalue weighted by atomic mass is 32.1. The first-order valence-electron chi connectivity index (χ1n) is 10.8. The third-order valence-corrected chi connectivity index (χ3v) is 6.84. The summed E-state index contributed by atoms with van der Waals surface area (Å²) < 4.78 is 6.73. The van der Waals surface area contributed by atoms with Crippen molar-refractivity contribution in [2.45, 2.75) is 19.9 Å². The number of hydrogen-bond acceptors (Lipinski definition) is 7. The Morgan fingerprint density at radius 2 is 2.03 bits per heavy atom. The number of fused-ring (bicyclic) bond motifs is 1. The predicted octanol–water partition coefficient (Wildman–Crippen LogP) is 1.89. The highest BCUT2D eigenvalue weighted by Crippen LogP contribution is 2.26. The van der Waals surface area contributed by atoms with Crippen molar-refractivity contribution in [1.29, 1.82) is 0 Å². The number of hydrogen-bond donors (Lipinski definition) is 2. The zero-order chi connectivity index (χ0) is 23.4. The van der Waals surface area contributed by atoms with Crippen molar-refractivity contribution in [2.75, 3.05) is 38.2 Å². The van der Waals surface area contributed by atoms with E-state index in [0.29, 0.717) is 59.1 Å². The number of nitrogens with zero attached hydrogens (tertiary/aromatic N) is 3. The standard InChI is InChI=1S/C23H27N5O4S/c1-15-19-22(25-14-27(2)23(19)31)33-20(15)21(30)24-13-16-4-3-5-17(12-16)26-18(29)6-7-28-8-10-32-11-9-28/h3-5,12,14H,6-11,13H2,1-2H3,(H,24,30)(H,26,29). The number of nitrogens with one attached hydrogen (secondary N) is 2. The van der Waals surface area contributed by atoms with Gasteiger partial charge in [0.2, 0.25) is 5.91 Å². The van der Waals surface area contributed by atoms with Gasteiger partial charge in [-0.3, -0.25) is 19.3 Å². The molecule has 0 bridgehead atoms. The van der Waals surface area contributed by atoms with E-state index < -0.39 is 0 Å². The minimum absolute atomic E-state index is 0.0438. The van der Waals surface area contributed by atoms with Crippen LogP contribution >= 0.6 is 11.3 Å². The van der Waals surface area contributed by atoms with E-state index in [0.717, 1.165) is 18.7 Å². The van der Waals surface area contributed by atoms with Gasteiger partial charge in [-0.1, -0.05) is 12.1 Å². The monoisotopic (exact) mass is 469 g/mol. The maximum Gasteiger partial charge on any atom is 0.262 e. The Morgan fingerprint density at radius 3 is 2.82 bits per heavy atom. The lowest BCUT2D eigenvalue weighted by atomic mass is 10.1. The molecule has 4 rings (SSSR count). The summed E-state index contributed by atoms with van der Waals surface area (Å²) in [6, 6.07) is 7.41. The summed E-state index contributed by atoms with van der Waals surface area (Å²) in [7, 11) is 1.64. The molecule has 0 atom stereocenters. The molecule has 1 aliphatic heterocycles. The number of carbonyl (C=O) groups excluding carboxylic acids is 2. The van der Waals surface area contributed by atoms with Crippen LogP contribution in [0.25, 0.3) is 10.2 Å². The van der Waals surface area contributed by atoms with Crippen LogP contribution in [0.4, 0.5) is 5.69 Å². The Bertz CT molecular complexity index is 1230. The minimum atomic E-state index is -0.252. The zero-order valence-corrected chi connectivity index (χ0v) is 19.5. The second-order valence-electron chi connectivity index (χ2n) is 8.03. The van der Waals surface area contributed by atoms with Crippen LogP contribution < -0.4 is 16.2 Å². The number of thiophene rings is 1. The lowest BCUT2D eigenvalue weighted by molar-refractivity contribution is -0.116. The van der Waals surface area contributed by atoms with E-state index >= 15 is 0 Å². The molecule has 0 radical (unpaired) electrons. The van der Waals surface area contributed by atoms with Crippen LogP contribution in [0, 0.1) is 6.92 Å². The first-order chi connectivity index (χ1) is 15.9. The van der Waals surface area contributed by atoms with Gasteiger partial charge in [0.15, 0.2) is 0 Å². The van der Waals surface area contributed by atoms with E-state index in [9.17, 15) is 14.4 Å². The average molecular weight is 470 g/mol. The van der Waals surface area contributed by atoms with E-state index in [4.69, 9.17) is 4.74 Å². The van der Waals surface area contributed by atoms with Crippen molar-refractivity contribution in [3.05, 3.63) is 57.0 Å². The smallest absolute Gasteiger partial charge is 0.262 e. The summed E-state index contributed by atoms with van der Waals surface area (Å²) in [6.45, 7) is 5.91. The number of aryl methyl sites for hydroxylation is 2. The van der Waals surface area contributed by atoms with E-state index in [1.165, 1.54) is 22.2 Å². The van der Waals surface area contributed by atoms with Crippen LogP contribution in [0.1, 0.15) is 27.2 Å². The van der Waals surface area contributed by atoms with Gasteiger partial charge in [-0.15, -0.1) is 11.3 Å². The quantitative estimate of drug-likeness (QED) is 0.548. The fourth-order valence-electron chi connectivity index (χ4n) is 3.76. The van der Waals surface area contributed by atoms with Gasteiger partial charge in [0, 0.05) is 45.3 Å². The molecular weight excluding hydrogens is 442 g/mol. The maximum atomic E-state index is 12.8. The number of ether oxygens (including phenoxy) is 1. The molecule has 9 nitrogen and oxygen atoms in total. The Kier molecular flexibility index (Phi) is 7.17. The van der Waals surface area contributed by atoms with Gasteiger partial charge in [0.1, 0.15) is 4.83 Å². The van der Waals surface area contributed by atoms with Crippen LogP contribution in [0.15, 0.2) is 35.4 Å². The topological polar surface area (TPSA) is 106 Å². The molecule has 174 valence electrons. The van der Waals surface area contributed by atoms with E-state index in [1.54, 1.807) is 14.0 Å². The number of amides is 2. The second-order valence-corrected chi connectivity index (χ2v) is 9.03. The molecule has 3 heterocycles. The maximum absolute atomic E-state index is 12.8. The van der Waals surface area contributed by atoms with Crippen molar-refractivity contribution >= 4 is 39.1 Å². The van der Waals surface area contributed by atoms with Crippen molar-refractivity contribution < 1.29 is 14.3 Å². The Labute approximate surface area is 195 Å². The third-order valence-electron chi connectivity index (χ3n) is 5.64. The summed E-state index contributed by atoms with van der Waals surface area (Å²) in [6.07, 6.45) is 1.88. The molecule has 1 fully saturated rings. The average Bonchev–Trinajstić information content (AvgIpc) is 3.16.